The molecule has 21 heavy (non-hydrogen) atoms. The molecule has 0 heterocycles. The fourth-order valence-electron chi connectivity index (χ4n) is 1.64. The van der Waals surface area contributed by atoms with Gasteiger partial charge in [-0.3, -0.25) is 4.79 Å². The van der Waals surface area contributed by atoms with Gasteiger partial charge in [-0.25, -0.2) is 9.69 Å². The summed E-state index contributed by atoms with van der Waals surface area (Å²) < 4.78 is 5.11. The molecular formula is C15H22N2O4. The van der Waals surface area contributed by atoms with Crippen molar-refractivity contribution in [3.8, 4) is 5.75 Å². The van der Waals surface area contributed by atoms with Crippen molar-refractivity contribution in [3.63, 3.8) is 0 Å². The highest BCUT2D eigenvalue weighted by Crippen LogP contribution is 2.13. The van der Waals surface area contributed by atoms with E-state index in [1.165, 1.54) is 19.2 Å². The Morgan fingerprint density at radius 1 is 1.29 bits per heavy atom. The third kappa shape index (κ3) is 5.43. The Hall–Kier alpha value is -2.08. The molecule has 1 atom stereocenters. The zero-order valence-electron chi connectivity index (χ0n) is 12.8. The second-order valence-corrected chi connectivity index (χ2v) is 5.85. The van der Waals surface area contributed by atoms with E-state index in [9.17, 15) is 14.7 Å². The lowest BCUT2D eigenvalue weighted by Gasteiger charge is -2.25. The molecule has 0 saturated heterocycles. The van der Waals surface area contributed by atoms with E-state index in [1.54, 1.807) is 32.9 Å². The smallest absolute Gasteiger partial charge is 0.416 e. The van der Waals surface area contributed by atoms with Gasteiger partial charge in [-0.1, -0.05) is 12.1 Å². The van der Waals surface area contributed by atoms with Gasteiger partial charge in [0.15, 0.2) is 0 Å². The van der Waals surface area contributed by atoms with E-state index in [0.717, 1.165) is 10.5 Å². The van der Waals surface area contributed by atoms with Crippen molar-refractivity contribution in [2.75, 3.05) is 7.05 Å². The maximum atomic E-state index is 12.1. The average Bonchev–Trinajstić information content (AvgIpc) is 2.37. The quantitative estimate of drug-likeness (QED) is 0.884. The molecule has 0 unspecified atom stereocenters. The SMILES string of the molecule is CN(C(=O)OC(C)(C)C)C(=O)[C@@H](N)Cc1ccc(O)cc1. The van der Waals surface area contributed by atoms with E-state index in [4.69, 9.17) is 10.5 Å². The number of phenols is 1. The number of rotatable bonds is 3. The Morgan fingerprint density at radius 3 is 2.29 bits per heavy atom. The minimum absolute atomic E-state index is 0.143. The van der Waals surface area contributed by atoms with Crippen LogP contribution in [0.1, 0.15) is 26.3 Å². The lowest BCUT2D eigenvalue weighted by molar-refractivity contribution is -0.130. The molecule has 2 amide bonds. The summed E-state index contributed by atoms with van der Waals surface area (Å²) in [5, 5.41) is 9.20. The summed E-state index contributed by atoms with van der Waals surface area (Å²) >= 11 is 0. The van der Waals surface area contributed by atoms with Gasteiger partial charge in [0.25, 0.3) is 0 Å². The third-order valence-corrected chi connectivity index (χ3v) is 2.71. The number of hydrogen-bond donors (Lipinski definition) is 2. The predicted octanol–water partition coefficient (Wildman–Crippen LogP) is 1.66. The molecule has 0 aliphatic heterocycles. The maximum absolute atomic E-state index is 12.1. The molecule has 0 radical (unpaired) electrons. The van der Waals surface area contributed by atoms with Gasteiger partial charge in [0.1, 0.15) is 11.4 Å². The van der Waals surface area contributed by atoms with Crippen LogP contribution in [-0.2, 0) is 16.0 Å². The Balaban J connectivity index is 2.65. The van der Waals surface area contributed by atoms with Crippen molar-refractivity contribution in [2.24, 2.45) is 5.73 Å². The average molecular weight is 294 g/mol. The normalized spacial score (nSPS) is 12.6. The molecule has 0 saturated carbocycles. The standard InChI is InChI=1S/C15H22N2O4/c1-15(2,3)21-14(20)17(4)13(19)12(16)9-10-5-7-11(18)8-6-10/h5-8,12,18H,9,16H2,1-4H3/t12-/m0/s1. The van der Waals surface area contributed by atoms with Crippen molar-refractivity contribution < 1.29 is 19.4 Å². The van der Waals surface area contributed by atoms with Crippen molar-refractivity contribution in [1.29, 1.82) is 0 Å². The Morgan fingerprint density at radius 2 is 1.81 bits per heavy atom. The summed E-state index contributed by atoms with van der Waals surface area (Å²) in [7, 11) is 1.34. The first-order valence-electron chi connectivity index (χ1n) is 6.64. The molecule has 1 aromatic rings. The number of benzene rings is 1. The van der Waals surface area contributed by atoms with Gasteiger partial charge >= 0.3 is 6.09 Å². The van der Waals surface area contributed by atoms with Gasteiger partial charge < -0.3 is 15.6 Å². The van der Waals surface area contributed by atoms with Gasteiger partial charge in [-0.05, 0) is 44.9 Å². The molecule has 3 N–H and O–H groups in total. The third-order valence-electron chi connectivity index (χ3n) is 2.71. The predicted molar refractivity (Wildman–Crippen MR) is 78.8 cm³/mol. The molecule has 0 aliphatic rings. The molecule has 0 aliphatic carbocycles. The van der Waals surface area contributed by atoms with E-state index >= 15 is 0 Å². The number of phenolic OH excluding ortho intramolecular Hbond substituents is 1. The number of carbonyl (C=O) groups excluding carboxylic acids is 2. The Bertz CT molecular complexity index is 505. The summed E-state index contributed by atoms with van der Waals surface area (Å²) in [6.45, 7) is 5.17. The van der Waals surface area contributed by atoms with Crippen molar-refractivity contribution >= 4 is 12.0 Å². The monoisotopic (exact) mass is 294 g/mol. The molecule has 1 rings (SSSR count). The largest absolute Gasteiger partial charge is 0.508 e. The number of carbonyl (C=O) groups is 2. The fourth-order valence-corrected chi connectivity index (χ4v) is 1.64. The lowest BCUT2D eigenvalue weighted by Crippen LogP contribution is -2.47. The molecule has 6 nitrogen and oxygen atoms in total. The first kappa shape index (κ1) is 17.0. The molecule has 0 spiro atoms. The van der Waals surface area contributed by atoms with Crippen LogP contribution in [0.4, 0.5) is 4.79 Å². The van der Waals surface area contributed by atoms with Gasteiger partial charge in [0, 0.05) is 7.05 Å². The first-order chi connectivity index (χ1) is 9.60. The highest BCUT2D eigenvalue weighted by atomic mass is 16.6. The number of nitrogens with two attached hydrogens (primary N) is 1. The van der Waals surface area contributed by atoms with Crippen LogP contribution in [0, 0.1) is 0 Å². The van der Waals surface area contributed by atoms with E-state index in [0.29, 0.717) is 0 Å². The maximum Gasteiger partial charge on any atom is 0.416 e. The Labute approximate surface area is 124 Å². The first-order valence-corrected chi connectivity index (χ1v) is 6.64. The number of likely N-dealkylation sites (N-methyl/N-ethyl adjacent to an activating group) is 1. The number of ether oxygens (including phenoxy) is 1. The molecule has 6 heteroatoms. The van der Waals surface area contributed by atoms with Gasteiger partial charge in [0.2, 0.25) is 5.91 Å². The molecule has 0 fully saturated rings. The number of imide groups is 1. The van der Waals surface area contributed by atoms with Gasteiger partial charge in [-0.15, -0.1) is 0 Å². The Kier molecular flexibility index (Phi) is 5.32. The van der Waals surface area contributed by atoms with Crippen LogP contribution >= 0.6 is 0 Å². The van der Waals surface area contributed by atoms with Crippen LogP contribution in [0.2, 0.25) is 0 Å². The molecule has 0 aromatic heterocycles. The van der Waals surface area contributed by atoms with Crippen LogP contribution in [0.15, 0.2) is 24.3 Å². The van der Waals surface area contributed by atoms with Gasteiger partial charge in [-0.2, -0.15) is 0 Å². The van der Waals surface area contributed by atoms with E-state index < -0.39 is 23.6 Å². The second-order valence-electron chi connectivity index (χ2n) is 5.85. The van der Waals surface area contributed by atoms with E-state index in [-0.39, 0.29) is 12.2 Å². The highest BCUT2D eigenvalue weighted by molar-refractivity contribution is 5.94. The van der Waals surface area contributed by atoms with Crippen molar-refractivity contribution in [3.05, 3.63) is 29.8 Å². The number of amides is 2. The topological polar surface area (TPSA) is 92.9 Å². The zero-order chi connectivity index (χ0) is 16.2. The molecule has 1 aromatic carbocycles. The van der Waals surface area contributed by atoms with Crippen LogP contribution in [0.3, 0.4) is 0 Å². The number of aromatic hydroxyl groups is 1. The summed E-state index contributed by atoms with van der Waals surface area (Å²) in [5.41, 5.74) is 5.95. The molecular weight excluding hydrogens is 272 g/mol. The van der Waals surface area contributed by atoms with Crippen molar-refractivity contribution in [2.45, 2.75) is 38.8 Å². The molecule has 116 valence electrons. The van der Waals surface area contributed by atoms with Crippen LogP contribution in [0.25, 0.3) is 0 Å². The van der Waals surface area contributed by atoms with E-state index in [2.05, 4.69) is 0 Å². The minimum atomic E-state index is -0.855. The van der Waals surface area contributed by atoms with Gasteiger partial charge in [0.05, 0.1) is 6.04 Å². The lowest BCUT2D eigenvalue weighted by atomic mass is 10.1. The summed E-state index contributed by atoms with van der Waals surface area (Å²) in [4.78, 5) is 24.8. The minimum Gasteiger partial charge on any atom is -0.508 e. The van der Waals surface area contributed by atoms with Crippen LogP contribution in [0.5, 0.6) is 5.75 Å². The fraction of sp³-hybridized carbons (Fsp3) is 0.467. The summed E-state index contributed by atoms with van der Waals surface area (Å²) in [6.07, 6.45) is -0.458. The van der Waals surface area contributed by atoms with Crippen molar-refractivity contribution in [1.82, 2.24) is 4.90 Å². The zero-order valence-corrected chi connectivity index (χ0v) is 12.8. The summed E-state index contributed by atoms with van der Waals surface area (Å²) in [5.74, 6) is -0.373. The highest BCUT2D eigenvalue weighted by Gasteiger charge is 2.27. The molecule has 0 bridgehead atoms. The van der Waals surface area contributed by atoms with E-state index in [1.807, 2.05) is 0 Å². The van der Waals surface area contributed by atoms with Crippen LogP contribution in [-0.4, -0.2) is 40.7 Å². The number of nitrogens with zero attached hydrogens (tertiary/aromatic N) is 1. The number of hydrogen-bond acceptors (Lipinski definition) is 5. The summed E-state index contributed by atoms with van der Waals surface area (Å²) in [6, 6.07) is 5.53. The second kappa shape index (κ2) is 6.58. The van der Waals surface area contributed by atoms with Crippen LogP contribution < -0.4 is 5.73 Å².